The van der Waals surface area contributed by atoms with Crippen LogP contribution in [0.25, 0.3) is 0 Å². The van der Waals surface area contributed by atoms with Crippen molar-refractivity contribution >= 4 is 33.3 Å². The normalized spacial score (nSPS) is 9.95. The Morgan fingerprint density at radius 1 is 1.25 bits per heavy atom. The minimum atomic E-state index is 0.561. The zero-order valence-electron chi connectivity index (χ0n) is 11.5. The molecule has 0 aliphatic rings. The number of nitrogens with zero attached hydrogens (tertiary/aromatic N) is 4. The van der Waals surface area contributed by atoms with Crippen LogP contribution >= 0.6 is 15.9 Å². The zero-order chi connectivity index (χ0) is 14.7. The van der Waals surface area contributed by atoms with Gasteiger partial charge >= 0.3 is 0 Å². The SMILES string of the molecule is Cc1ccc(Nc2cc(N(C)C#N)nc(C)n2)c(Br)c1. The Morgan fingerprint density at radius 2 is 2.00 bits per heavy atom. The largest absolute Gasteiger partial charge is 0.339 e. The van der Waals surface area contributed by atoms with Crippen molar-refractivity contribution in [2.24, 2.45) is 0 Å². The Kier molecular flexibility index (Phi) is 4.20. The van der Waals surface area contributed by atoms with Gasteiger partial charge in [-0.2, -0.15) is 5.26 Å². The first-order chi connectivity index (χ1) is 9.49. The number of anilines is 3. The minimum Gasteiger partial charge on any atom is -0.339 e. The molecule has 1 aromatic heterocycles. The van der Waals surface area contributed by atoms with E-state index in [0.29, 0.717) is 17.5 Å². The van der Waals surface area contributed by atoms with Crippen molar-refractivity contribution in [3.8, 4) is 6.19 Å². The molecule has 0 aliphatic heterocycles. The van der Waals surface area contributed by atoms with Crippen LogP contribution in [0, 0.1) is 25.3 Å². The van der Waals surface area contributed by atoms with E-state index < -0.39 is 0 Å². The molecular weight excluding hydrogens is 318 g/mol. The molecular formula is C14H14BrN5. The lowest BCUT2D eigenvalue weighted by molar-refractivity contribution is 1.02. The summed E-state index contributed by atoms with van der Waals surface area (Å²) in [6.45, 7) is 3.83. The van der Waals surface area contributed by atoms with E-state index >= 15 is 0 Å². The lowest BCUT2D eigenvalue weighted by Gasteiger charge is -2.12. The molecule has 0 fully saturated rings. The first-order valence-corrected chi connectivity index (χ1v) is 6.81. The smallest absolute Gasteiger partial charge is 0.185 e. The van der Waals surface area contributed by atoms with Crippen molar-refractivity contribution in [2.45, 2.75) is 13.8 Å². The average molecular weight is 332 g/mol. The third-order valence-electron chi connectivity index (χ3n) is 2.71. The number of aromatic nitrogens is 2. The van der Waals surface area contributed by atoms with Crippen LogP contribution in [-0.4, -0.2) is 17.0 Å². The van der Waals surface area contributed by atoms with Crippen LogP contribution in [0.5, 0.6) is 0 Å². The monoisotopic (exact) mass is 331 g/mol. The second-order valence-electron chi connectivity index (χ2n) is 4.43. The molecule has 1 heterocycles. The summed E-state index contributed by atoms with van der Waals surface area (Å²) in [5.41, 5.74) is 2.09. The molecule has 1 N–H and O–H groups in total. The highest BCUT2D eigenvalue weighted by Gasteiger charge is 2.07. The predicted molar refractivity (Wildman–Crippen MR) is 82.9 cm³/mol. The standard InChI is InChI=1S/C14H14BrN5/c1-9-4-5-12(11(15)6-9)19-13-7-14(20(3)8-16)18-10(2)17-13/h4-7H,1-3H3,(H,17,18,19). The van der Waals surface area contributed by atoms with Crippen molar-refractivity contribution in [3.05, 3.63) is 40.1 Å². The molecule has 1 aromatic carbocycles. The van der Waals surface area contributed by atoms with Crippen LogP contribution in [0.1, 0.15) is 11.4 Å². The summed E-state index contributed by atoms with van der Waals surface area (Å²) in [6.07, 6.45) is 2.02. The number of halogens is 1. The van der Waals surface area contributed by atoms with E-state index in [1.165, 1.54) is 10.5 Å². The Bertz CT molecular complexity index is 678. The van der Waals surface area contributed by atoms with Crippen molar-refractivity contribution in [3.63, 3.8) is 0 Å². The van der Waals surface area contributed by atoms with Crippen molar-refractivity contribution in [2.75, 3.05) is 17.3 Å². The fourth-order valence-electron chi connectivity index (χ4n) is 1.70. The topological polar surface area (TPSA) is 64.8 Å². The number of rotatable bonds is 3. The molecule has 2 aromatic rings. The molecule has 5 nitrogen and oxygen atoms in total. The molecule has 0 unspecified atom stereocenters. The molecule has 0 saturated carbocycles. The minimum absolute atomic E-state index is 0.561. The summed E-state index contributed by atoms with van der Waals surface area (Å²) in [6, 6.07) is 7.76. The molecule has 20 heavy (non-hydrogen) atoms. The number of hydrogen-bond acceptors (Lipinski definition) is 5. The molecule has 102 valence electrons. The van der Waals surface area contributed by atoms with Gasteiger partial charge in [0.15, 0.2) is 6.19 Å². The highest BCUT2D eigenvalue weighted by molar-refractivity contribution is 9.10. The quantitative estimate of drug-likeness (QED) is 0.688. The third-order valence-corrected chi connectivity index (χ3v) is 3.36. The Labute approximate surface area is 126 Å². The highest BCUT2D eigenvalue weighted by Crippen LogP contribution is 2.27. The second kappa shape index (κ2) is 5.88. The number of hydrogen-bond donors (Lipinski definition) is 1. The van der Waals surface area contributed by atoms with Crippen LogP contribution in [0.4, 0.5) is 17.3 Å². The second-order valence-corrected chi connectivity index (χ2v) is 5.28. The molecule has 0 aliphatic carbocycles. The fraction of sp³-hybridized carbons (Fsp3) is 0.214. The van der Waals surface area contributed by atoms with Crippen molar-refractivity contribution in [1.29, 1.82) is 5.26 Å². The van der Waals surface area contributed by atoms with Gasteiger partial charge in [-0.25, -0.2) is 9.97 Å². The van der Waals surface area contributed by atoms with Crippen LogP contribution < -0.4 is 10.2 Å². The summed E-state index contributed by atoms with van der Waals surface area (Å²) >= 11 is 3.52. The molecule has 6 heteroatoms. The van der Waals surface area contributed by atoms with E-state index in [4.69, 9.17) is 5.26 Å². The average Bonchev–Trinajstić information content (AvgIpc) is 2.40. The fourth-order valence-corrected chi connectivity index (χ4v) is 2.29. The molecule has 0 bridgehead atoms. The lowest BCUT2D eigenvalue weighted by Crippen LogP contribution is -2.12. The van der Waals surface area contributed by atoms with E-state index in [0.717, 1.165) is 10.2 Å². The number of nitrogens with one attached hydrogen (secondary N) is 1. The van der Waals surface area contributed by atoms with Gasteiger partial charge in [-0.05, 0) is 47.5 Å². The van der Waals surface area contributed by atoms with Gasteiger partial charge in [0.2, 0.25) is 0 Å². The number of benzene rings is 1. The van der Waals surface area contributed by atoms with Crippen LogP contribution in [0.2, 0.25) is 0 Å². The van der Waals surface area contributed by atoms with Crippen molar-refractivity contribution < 1.29 is 0 Å². The van der Waals surface area contributed by atoms with Crippen LogP contribution in [0.15, 0.2) is 28.7 Å². The maximum atomic E-state index is 8.92. The highest BCUT2D eigenvalue weighted by atomic mass is 79.9. The summed E-state index contributed by atoms with van der Waals surface area (Å²) in [5, 5.41) is 12.1. The van der Waals surface area contributed by atoms with Gasteiger partial charge in [-0.3, -0.25) is 4.90 Å². The molecule has 0 amide bonds. The summed E-state index contributed by atoms with van der Waals surface area (Å²) in [7, 11) is 1.66. The summed E-state index contributed by atoms with van der Waals surface area (Å²) in [4.78, 5) is 9.95. The molecule has 2 rings (SSSR count). The summed E-state index contributed by atoms with van der Waals surface area (Å²) < 4.78 is 0.962. The Hall–Kier alpha value is -2.13. The van der Waals surface area contributed by atoms with E-state index in [9.17, 15) is 0 Å². The number of nitriles is 1. The lowest BCUT2D eigenvalue weighted by atomic mass is 10.2. The van der Waals surface area contributed by atoms with Crippen LogP contribution in [-0.2, 0) is 0 Å². The van der Waals surface area contributed by atoms with Gasteiger partial charge in [0, 0.05) is 17.6 Å². The van der Waals surface area contributed by atoms with Gasteiger partial charge in [-0.1, -0.05) is 6.07 Å². The van der Waals surface area contributed by atoms with E-state index in [-0.39, 0.29) is 0 Å². The summed E-state index contributed by atoms with van der Waals surface area (Å²) in [5.74, 6) is 1.82. The molecule has 0 radical (unpaired) electrons. The van der Waals surface area contributed by atoms with E-state index in [1.54, 1.807) is 20.0 Å². The van der Waals surface area contributed by atoms with Gasteiger partial charge in [0.1, 0.15) is 17.5 Å². The third kappa shape index (κ3) is 3.25. The van der Waals surface area contributed by atoms with Gasteiger partial charge in [0.05, 0.1) is 5.69 Å². The Morgan fingerprint density at radius 3 is 2.65 bits per heavy atom. The maximum absolute atomic E-state index is 8.92. The first-order valence-electron chi connectivity index (χ1n) is 6.02. The van der Waals surface area contributed by atoms with E-state index in [2.05, 4.69) is 31.2 Å². The van der Waals surface area contributed by atoms with Crippen LogP contribution in [0.3, 0.4) is 0 Å². The van der Waals surface area contributed by atoms with Crippen molar-refractivity contribution in [1.82, 2.24) is 9.97 Å². The number of aryl methyl sites for hydroxylation is 2. The van der Waals surface area contributed by atoms with Gasteiger partial charge < -0.3 is 5.32 Å². The predicted octanol–water partition coefficient (Wildman–Crippen LogP) is 3.52. The molecule has 0 spiro atoms. The molecule has 0 atom stereocenters. The van der Waals surface area contributed by atoms with Gasteiger partial charge in [0.25, 0.3) is 0 Å². The Balaban J connectivity index is 2.34. The maximum Gasteiger partial charge on any atom is 0.185 e. The van der Waals surface area contributed by atoms with Gasteiger partial charge in [-0.15, -0.1) is 0 Å². The first kappa shape index (κ1) is 14.3. The molecule has 0 saturated heterocycles. The zero-order valence-corrected chi connectivity index (χ0v) is 13.1. The van der Waals surface area contributed by atoms with E-state index in [1.807, 2.05) is 31.3 Å².